The van der Waals surface area contributed by atoms with Crippen LogP contribution in [0.25, 0.3) is 0 Å². The molecule has 0 spiro atoms. The van der Waals surface area contributed by atoms with Crippen LogP contribution < -0.4 is 14.8 Å². The number of hydrogen-bond acceptors (Lipinski definition) is 4. The molecule has 0 saturated heterocycles. The average molecular weight is 261 g/mol. The maximum Gasteiger partial charge on any atom is 0.161 e. The van der Waals surface area contributed by atoms with E-state index < -0.39 is 0 Å². The van der Waals surface area contributed by atoms with Crippen molar-refractivity contribution in [3.8, 4) is 11.5 Å². The molecule has 1 N–H and O–H groups in total. The topological polar surface area (TPSA) is 43.6 Å². The van der Waals surface area contributed by atoms with E-state index in [2.05, 4.69) is 5.32 Å². The van der Waals surface area contributed by atoms with E-state index in [1.807, 2.05) is 38.2 Å². The molecule has 0 aliphatic rings. The Bertz CT molecular complexity index is 534. The first-order valence-electron chi connectivity index (χ1n) is 6.22. The van der Waals surface area contributed by atoms with Gasteiger partial charge in [-0.05, 0) is 37.7 Å². The summed E-state index contributed by atoms with van der Waals surface area (Å²) >= 11 is 0. The van der Waals surface area contributed by atoms with Crippen LogP contribution >= 0.6 is 0 Å². The van der Waals surface area contributed by atoms with Crippen LogP contribution in [0.4, 0.5) is 0 Å². The molecule has 0 unspecified atom stereocenters. The lowest BCUT2D eigenvalue weighted by molar-refractivity contribution is 0.281. The molecule has 4 heteroatoms. The zero-order valence-corrected chi connectivity index (χ0v) is 11.5. The van der Waals surface area contributed by atoms with Gasteiger partial charge in [0, 0.05) is 5.56 Å². The predicted octanol–water partition coefficient (Wildman–Crippen LogP) is 2.90. The molecule has 0 aliphatic carbocycles. The number of hydrogen-bond donors (Lipinski definition) is 1. The lowest BCUT2D eigenvalue weighted by Crippen LogP contribution is -2.07. The van der Waals surface area contributed by atoms with Crippen molar-refractivity contribution >= 4 is 0 Å². The Labute approximate surface area is 113 Å². The lowest BCUT2D eigenvalue weighted by Gasteiger charge is -2.11. The Morgan fingerprint density at radius 3 is 2.79 bits per heavy atom. The minimum atomic E-state index is 0.465. The van der Waals surface area contributed by atoms with E-state index in [-0.39, 0.29) is 0 Å². The van der Waals surface area contributed by atoms with Crippen molar-refractivity contribution in [1.82, 2.24) is 5.32 Å². The van der Waals surface area contributed by atoms with Crippen LogP contribution in [-0.2, 0) is 13.2 Å². The van der Waals surface area contributed by atoms with Crippen molar-refractivity contribution < 1.29 is 13.9 Å². The second-order valence-electron chi connectivity index (χ2n) is 4.34. The fraction of sp³-hybridized carbons (Fsp3) is 0.333. The number of furan rings is 1. The third-order valence-electron chi connectivity index (χ3n) is 2.88. The molecule has 1 heterocycles. The van der Waals surface area contributed by atoms with Gasteiger partial charge in [0.2, 0.25) is 0 Å². The fourth-order valence-electron chi connectivity index (χ4n) is 1.86. The first kappa shape index (κ1) is 13.5. The van der Waals surface area contributed by atoms with Gasteiger partial charge in [-0.3, -0.25) is 0 Å². The maximum atomic E-state index is 5.80. The number of benzene rings is 1. The summed E-state index contributed by atoms with van der Waals surface area (Å²) < 4.78 is 16.5. The van der Waals surface area contributed by atoms with E-state index in [4.69, 9.17) is 13.9 Å². The standard InChI is InChI=1S/C15H19NO3/c1-11-4-5-13(14(8-11)17-3)19-10-12-6-7-18-15(12)9-16-2/h4-8,16H,9-10H2,1-3H3. The SMILES string of the molecule is CNCc1occc1COc1ccc(C)cc1OC. The monoisotopic (exact) mass is 261 g/mol. The Hall–Kier alpha value is -1.94. The van der Waals surface area contributed by atoms with Gasteiger partial charge in [0.05, 0.1) is 19.9 Å². The molecular formula is C15H19NO3. The first-order chi connectivity index (χ1) is 9.24. The van der Waals surface area contributed by atoms with Gasteiger partial charge < -0.3 is 19.2 Å². The molecule has 2 aromatic rings. The molecule has 0 saturated carbocycles. The largest absolute Gasteiger partial charge is 0.493 e. The molecule has 19 heavy (non-hydrogen) atoms. The third kappa shape index (κ3) is 3.29. The number of ether oxygens (including phenoxy) is 2. The number of methoxy groups -OCH3 is 1. The highest BCUT2D eigenvalue weighted by molar-refractivity contribution is 5.42. The van der Waals surface area contributed by atoms with Gasteiger partial charge in [0.1, 0.15) is 12.4 Å². The number of aryl methyl sites for hydroxylation is 1. The van der Waals surface area contributed by atoms with E-state index in [0.717, 1.165) is 28.4 Å². The van der Waals surface area contributed by atoms with Crippen LogP contribution in [0, 0.1) is 6.92 Å². The molecule has 2 rings (SSSR count). The molecule has 102 valence electrons. The quantitative estimate of drug-likeness (QED) is 0.868. The lowest BCUT2D eigenvalue weighted by atomic mass is 10.2. The van der Waals surface area contributed by atoms with Crippen LogP contribution in [0.2, 0.25) is 0 Å². The summed E-state index contributed by atoms with van der Waals surface area (Å²) in [5.41, 5.74) is 2.18. The molecule has 1 aromatic carbocycles. The first-order valence-corrected chi connectivity index (χ1v) is 6.22. The minimum Gasteiger partial charge on any atom is -0.493 e. The molecule has 0 atom stereocenters. The van der Waals surface area contributed by atoms with Gasteiger partial charge in [-0.15, -0.1) is 0 Å². The van der Waals surface area contributed by atoms with Gasteiger partial charge >= 0.3 is 0 Å². The van der Waals surface area contributed by atoms with Crippen molar-refractivity contribution in [2.24, 2.45) is 0 Å². The Morgan fingerprint density at radius 2 is 2.05 bits per heavy atom. The van der Waals surface area contributed by atoms with Crippen molar-refractivity contribution in [2.75, 3.05) is 14.2 Å². The zero-order valence-electron chi connectivity index (χ0n) is 11.5. The van der Waals surface area contributed by atoms with Gasteiger partial charge in [0.15, 0.2) is 11.5 Å². The molecule has 0 aliphatic heterocycles. The van der Waals surface area contributed by atoms with Crippen LogP contribution in [-0.4, -0.2) is 14.2 Å². The van der Waals surface area contributed by atoms with E-state index in [9.17, 15) is 0 Å². The smallest absolute Gasteiger partial charge is 0.161 e. The normalized spacial score (nSPS) is 10.5. The van der Waals surface area contributed by atoms with Crippen LogP contribution in [0.5, 0.6) is 11.5 Å². The molecule has 0 bridgehead atoms. The highest BCUT2D eigenvalue weighted by atomic mass is 16.5. The summed E-state index contributed by atoms with van der Waals surface area (Å²) in [6.45, 7) is 3.18. The summed E-state index contributed by atoms with van der Waals surface area (Å²) in [7, 11) is 3.53. The summed E-state index contributed by atoms with van der Waals surface area (Å²) in [6.07, 6.45) is 1.68. The van der Waals surface area contributed by atoms with E-state index >= 15 is 0 Å². The van der Waals surface area contributed by atoms with E-state index in [0.29, 0.717) is 13.2 Å². The summed E-state index contributed by atoms with van der Waals surface area (Å²) in [5.74, 6) is 2.39. The number of nitrogens with one attached hydrogen (secondary N) is 1. The average Bonchev–Trinajstić information content (AvgIpc) is 2.85. The Kier molecular flexibility index (Phi) is 4.47. The van der Waals surface area contributed by atoms with Crippen molar-refractivity contribution in [3.63, 3.8) is 0 Å². The van der Waals surface area contributed by atoms with E-state index in [1.54, 1.807) is 13.4 Å². The van der Waals surface area contributed by atoms with Crippen LogP contribution in [0.1, 0.15) is 16.9 Å². The molecule has 1 aromatic heterocycles. The summed E-state index contributed by atoms with van der Waals surface area (Å²) in [4.78, 5) is 0. The van der Waals surface area contributed by atoms with Gasteiger partial charge in [-0.1, -0.05) is 6.07 Å². The fourth-order valence-corrected chi connectivity index (χ4v) is 1.86. The van der Waals surface area contributed by atoms with Crippen molar-refractivity contribution in [1.29, 1.82) is 0 Å². The van der Waals surface area contributed by atoms with Crippen LogP contribution in [0.15, 0.2) is 34.9 Å². The highest BCUT2D eigenvalue weighted by Crippen LogP contribution is 2.28. The third-order valence-corrected chi connectivity index (χ3v) is 2.88. The Balaban J connectivity index is 2.07. The van der Waals surface area contributed by atoms with E-state index in [1.165, 1.54) is 0 Å². The van der Waals surface area contributed by atoms with Gasteiger partial charge in [-0.2, -0.15) is 0 Å². The van der Waals surface area contributed by atoms with Crippen molar-refractivity contribution in [2.45, 2.75) is 20.1 Å². The second-order valence-corrected chi connectivity index (χ2v) is 4.34. The Morgan fingerprint density at radius 1 is 1.21 bits per heavy atom. The highest BCUT2D eigenvalue weighted by Gasteiger charge is 2.09. The van der Waals surface area contributed by atoms with Crippen LogP contribution in [0.3, 0.4) is 0 Å². The maximum absolute atomic E-state index is 5.80. The predicted molar refractivity (Wildman–Crippen MR) is 73.5 cm³/mol. The molecule has 4 nitrogen and oxygen atoms in total. The summed E-state index contributed by atoms with van der Waals surface area (Å²) in [6, 6.07) is 7.81. The molecular weight excluding hydrogens is 242 g/mol. The summed E-state index contributed by atoms with van der Waals surface area (Å²) in [5, 5.41) is 3.06. The second kappa shape index (κ2) is 6.29. The molecule has 0 fully saturated rings. The van der Waals surface area contributed by atoms with Gasteiger partial charge in [-0.25, -0.2) is 0 Å². The van der Waals surface area contributed by atoms with Gasteiger partial charge in [0.25, 0.3) is 0 Å². The number of rotatable bonds is 6. The molecule has 0 radical (unpaired) electrons. The van der Waals surface area contributed by atoms with Crippen molar-refractivity contribution in [3.05, 3.63) is 47.4 Å². The molecule has 0 amide bonds. The minimum absolute atomic E-state index is 0.465. The zero-order chi connectivity index (χ0) is 13.7.